The first-order valence-corrected chi connectivity index (χ1v) is 5.33. The third-order valence-electron chi connectivity index (χ3n) is 3.09. The van der Waals surface area contributed by atoms with Crippen molar-refractivity contribution in [1.82, 2.24) is 14.8 Å². The van der Waals surface area contributed by atoms with Crippen LogP contribution in [-0.2, 0) is 7.05 Å². The number of methoxy groups -OCH3 is 1. The summed E-state index contributed by atoms with van der Waals surface area (Å²) in [4.78, 5) is 11.7. The Hall–Kier alpha value is -2.37. The summed E-state index contributed by atoms with van der Waals surface area (Å²) in [6, 6.07) is 2.93. The van der Waals surface area contributed by atoms with Gasteiger partial charge in [-0.2, -0.15) is 5.10 Å². The molecule has 0 aliphatic heterocycles. The molecule has 0 saturated carbocycles. The molecule has 0 saturated heterocycles. The van der Waals surface area contributed by atoms with Crippen molar-refractivity contribution in [3.05, 3.63) is 34.5 Å². The number of aromatic nitrogens is 3. The number of H-pyrrole nitrogens is 1. The fraction of sp³-hybridized carbons (Fsp3) is 0.167. The molecule has 0 fully saturated rings. The highest BCUT2D eigenvalue weighted by atomic mass is 19.1. The number of rotatable bonds is 1. The molecule has 0 spiro atoms. The molecular weight excluding hydrogens is 237 g/mol. The van der Waals surface area contributed by atoms with Crippen molar-refractivity contribution < 1.29 is 9.13 Å². The van der Waals surface area contributed by atoms with E-state index in [2.05, 4.69) is 10.2 Å². The van der Waals surface area contributed by atoms with Crippen molar-refractivity contribution >= 4 is 21.8 Å². The van der Waals surface area contributed by atoms with Crippen molar-refractivity contribution in [2.75, 3.05) is 7.11 Å². The molecule has 6 heteroatoms. The largest absolute Gasteiger partial charge is 0.494 e. The number of hydrogen-bond acceptors (Lipinski definition) is 3. The third-order valence-corrected chi connectivity index (χ3v) is 3.09. The van der Waals surface area contributed by atoms with Gasteiger partial charge in [-0.3, -0.25) is 4.79 Å². The summed E-state index contributed by atoms with van der Waals surface area (Å²) in [6.07, 6.45) is 1.52. The molecule has 92 valence electrons. The van der Waals surface area contributed by atoms with Crippen molar-refractivity contribution in [1.29, 1.82) is 0 Å². The summed E-state index contributed by atoms with van der Waals surface area (Å²) in [5.74, 6) is -0.310. The predicted molar refractivity (Wildman–Crippen MR) is 65.4 cm³/mol. The average molecular weight is 247 g/mol. The minimum Gasteiger partial charge on any atom is -0.494 e. The number of hydrogen-bond donors (Lipinski definition) is 1. The van der Waals surface area contributed by atoms with Crippen LogP contribution in [0.4, 0.5) is 4.39 Å². The highest BCUT2D eigenvalue weighted by Gasteiger charge is 2.14. The van der Waals surface area contributed by atoms with Gasteiger partial charge in [-0.25, -0.2) is 9.49 Å². The maximum atomic E-state index is 13.7. The molecule has 1 N–H and O–H groups in total. The number of nitrogens with zero attached hydrogens (tertiary/aromatic N) is 2. The van der Waals surface area contributed by atoms with Crippen LogP contribution < -0.4 is 10.3 Å². The van der Waals surface area contributed by atoms with E-state index in [1.807, 2.05) is 0 Å². The summed E-state index contributed by atoms with van der Waals surface area (Å²) in [5, 5.41) is 7.38. The normalized spacial score (nSPS) is 11.3. The molecule has 0 atom stereocenters. The number of nitrogens with one attached hydrogen (secondary N) is 1. The van der Waals surface area contributed by atoms with Gasteiger partial charge in [0.25, 0.3) is 5.56 Å². The Morgan fingerprint density at radius 1 is 1.39 bits per heavy atom. The number of ether oxygens (including phenoxy) is 1. The number of fused-ring (bicyclic) bond motifs is 3. The quantitative estimate of drug-likeness (QED) is 0.710. The van der Waals surface area contributed by atoms with E-state index in [0.717, 1.165) is 5.52 Å². The number of aryl methyl sites for hydroxylation is 1. The lowest BCUT2D eigenvalue weighted by molar-refractivity contribution is 0.387. The summed E-state index contributed by atoms with van der Waals surface area (Å²) < 4.78 is 20.4. The van der Waals surface area contributed by atoms with Crippen LogP contribution in [0.1, 0.15) is 0 Å². The number of halogens is 1. The fourth-order valence-electron chi connectivity index (χ4n) is 2.23. The van der Waals surface area contributed by atoms with E-state index in [0.29, 0.717) is 16.3 Å². The van der Waals surface area contributed by atoms with Crippen molar-refractivity contribution in [3.8, 4) is 5.75 Å². The Kier molecular flexibility index (Phi) is 2.13. The van der Waals surface area contributed by atoms with Gasteiger partial charge in [-0.1, -0.05) is 0 Å². The summed E-state index contributed by atoms with van der Waals surface area (Å²) in [5.41, 5.74) is 0.889. The minimum absolute atomic E-state index is 0.151. The van der Waals surface area contributed by atoms with Gasteiger partial charge in [0.15, 0.2) is 11.6 Å². The van der Waals surface area contributed by atoms with Gasteiger partial charge in [0.2, 0.25) is 0 Å². The van der Waals surface area contributed by atoms with Gasteiger partial charge >= 0.3 is 0 Å². The van der Waals surface area contributed by atoms with E-state index in [1.54, 1.807) is 17.7 Å². The molecule has 2 aromatic heterocycles. The summed E-state index contributed by atoms with van der Waals surface area (Å²) in [6.45, 7) is 0. The molecule has 0 bridgehead atoms. The topological polar surface area (TPSA) is 59.9 Å². The Labute approximate surface area is 101 Å². The van der Waals surface area contributed by atoms with Crippen LogP contribution in [0.5, 0.6) is 5.75 Å². The maximum Gasteiger partial charge on any atom is 0.288 e. The van der Waals surface area contributed by atoms with Crippen LogP contribution in [0.3, 0.4) is 0 Å². The lowest BCUT2D eigenvalue weighted by Crippen LogP contribution is -2.10. The van der Waals surface area contributed by atoms with Crippen LogP contribution >= 0.6 is 0 Å². The van der Waals surface area contributed by atoms with Crippen molar-refractivity contribution in [2.24, 2.45) is 7.05 Å². The second-order valence-corrected chi connectivity index (χ2v) is 4.02. The van der Waals surface area contributed by atoms with Crippen LogP contribution in [0.25, 0.3) is 21.8 Å². The van der Waals surface area contributed by atoms with Crippen LogP contribution in [0.15, 0.2) is 23.1 Å². The fourth-order valence-corrected chi connectivity index (χ4v) is 2.23. The van der Waals surface area contributed by atoms with E-state index in [9.17, 15) is 9.18 Å². The Balaban J connectivity index is 2.60. The Morgan fingerprint density at radius 3 is 2.89 bits per heavy atom. The molecule has 0 aliphatic rings. The van der Waals surface area contributed by atoms with Crippen molar-refractivity contribution in [2.45, 2.75) is 0 Å². The third kappa shape index (κ3) is 1.25. The lowest BCUT2D eigenvalue weighted by atomic mass is 10.2. The zero-order valence-electron chi connectivity index (χ0n) is 9.82. The summed E-state index contributed by atoms with van der Waals surface area (Å²) in [7, 11) is 3.15. The van der Waals surface area contributed by atoms with Gasteiger partial charge in [0.1, 0.15) is 5.52 Å². The van der Waals surface area contributed by atoms with Gasteiger partial charge in [0.05, 0.1) is 18.8 Å². The zero-order chi connectivity index (χ0) is 12.9. The molecule has 1 aromatic carbocycles. The molecule has 0 radical (unpaired) electrons. The van der Waals surface area contributed by atoms with Gasteiger partial charge in [0, 0.05) is 23.9 Å². The molecule has 5 nitrogen and oxygen atoms in total. The first-order chi connectivity index (χ1) is 8.63. The van der Waals surface area contributed by atoms with Gasteiger partial charge in [-0.05, 0) is 6.07 Å². The molecular formula is C12H10FN3O2. The second kappa shape index (κ2) is 3.56. The van der Waals surface area contributed by atoms with Crippen LogP contribution in [0.2, 0.25) is 0 Å². The van der Waals surface area contributed by atoms with E-state index in [1.165, 1.54) is 19.4 Å². The first-order valence-electron chi connectivity index (χ1n) is 5.33. The van der Waals surface area contributed by atoms with E-state index in [4.69, 9.17) is 4.74 Å². The van der Waals surface area contributed by atoms with E-state index >= 15 is 0 Å². The van der Waals surface area contributed by atoms with Crippen LogP contribution in [-0.4, -0.2) is 21.9 Å². The highest BCUT2D eigenvalue weighted by molar-refractivity contribution is 6.07. The SMILES string of the molecule is COc1cc2c(cc1F)c1cn[nH]c(=O)c1n2C. The average Bonchev–Trinajstić information content (AvgIpc) is 2.63. The van der Waals surface area contributed by atoms with Crippen molar-refractivity contribution in [3.63, 3.8) is 0 Å². The number of aromatic amines is 1. The van der Waals surface area contributed by atoms with Gasteiger partial charge < -0.3 is 9.30 Å². The standard InChI is InChI=1S/C12H10FN3O2/c1-16-9-4-10(18-2)8(13)3-6(9)7-5-14-15-12(17)11(7)16/h3-5H,1-2H3,(H,15,17). The molecule has 18 heavy (non-hydrogen) atoms. The molecule has 3 rings (SSSR count). The molecule has 2 heterocycles. The van der Waals surface area contributed by atoms with Gasteiger partial charge in [-0.15, -0.1) is 0 Å². The molecule has 0 aliphatic carbocycles. The smallest absolute Gasteiger partial charge is 0.288 e. The molecule has 0 amide bonds. The predicted octanol–water partition coefficient (Wildman–Crippen LogP) is 1.56. The maximum absolute atomic E-state index is 13.7. The monoisotopic (exact) mass is 247 g/mol. The Morgan fingerprint density at radius 2 is 2.17 bits per heavy atom. The highest BCUT2D eigenvalue weighted by Crippen LogP contribution is 2.30. The molecule has 0 unspecified atom stereocenters. The van der Waals surface area contributed by atoms with Crippen LogP contribution in [0, 0.1) is 5.82 Å². The first kappa shape index (κ1) is 10.8. The Bertz CT molecular complexity index is 819. The van der Waals surface area contributed by atoms with E-state index < -0.39 is 5.82 Å². The van der Waals surface area contributed by atoms with E-state index in [-0.39, 0.29) is 11.3 Å². The lowest BCUT2D eigenvalue weighted by Gasteiger charge is -2.03. The minimum atomic E-state index is -0.460. The summed E-state index contributed by atoms with van der Waals surface area (Å²) >= 11 is 0. The zero-order valence-corrected chi connectivity index (χ0v) is 9.82. The second-order valence-electron chi connectivity index (χ2n) is 4.02. The number of benzene rings is 1. The molecule has 3 aromatic rings.